The minimum Gasteiger partial charge on any atom is -0.294 e. The van der Waals surface area contributed by atoms with Gasteiger partial charge in [-0.2, -0.15) is 0 Å². The van der Waals surface area contributed by atoms with Gasteiger partial charge in [0.1, 0.15) is 0 Å². The topological polar surface area (TPSA) is 40.5 Å². The highest BCUT2D eigenvalue weighted by atomic mass is 32.2. The summed E-state index contributed by atoms with van der Waals surface area (Å²) in [5.74, 6) is 1.45. The molecule has 0 aromatic rings. The zero-order valence-corrected chi connectivity index (χ0v) is 8.51. The van der Waals surface area contributed by atoms with Gasteiger partial charge in [0.2, 0.25) is 11.3 Å². The van der Waals surface area contributed by atoms with Gasteiger partial charge in [0, 0.05) is 13.1 Å². The lowest BCUT2D eigenvalue weighted by molar-refractivity contribution is 0.224. The van der Waals surface area contributed by atoms with Crippen molar-refractivity contribution in [3.8, 4) is 0 Å². The van der Waals surface area contributed by atoms with Crippen molar-refractivity contribution in [1.29, 1.82) is 0 Å². The molecule has 3 nitrogen and oxygen atoms in total. The van der Waals surface area contributed by atoms with Crippen molar-refractivity contribution in [3.63, 3.8) is 0 Å². The predicted octanol–water partition coefficient (Wildman–Crippen LogP) is 1.49. The van der Waals surface area contributed by atoms with Gasteiger partial charge in [-0.1, -0.05) is 13.8 Å². The molecule has 0 aromatic carbocycles. The second-order valence-corrected chi connectivity index (χ2v) is 4.72. The third kappa shape index (κ3) is 2.54. The van der Waals surface area contributed by atoms with E-state index in [-0.39, 0.29) is 0 Å². The van der Waals surface area contributed by atoms with Crippen molar-refractivity contribution in [2.24, 2.45) is 11.8 Å². The predicted molar refractivity (Wildman–Crippen MR) is 49.9 cm³/mol. The van der Waals surface area contributed by atoms with E-state index in [2.05, 4.69) is 13.8 Å². The quantitative estimate of drug-likeness (QED) is 0.672. The molecule has 1 fully saturated rings. The molecule has 1 atom stereocenters. The Morgan fingerprint density at radius 1 is 1.42 bits per heavy atom. The van der Waals surface area contributed by atoms with Crippen LogP contribution in [0.2, 0.25) is 0 Å². The van der Waals surface area contributed by atoms with Crippen LogP contribution in [-0.4, -0.2) is 26.2 Å². The summed E-state index contributed by atoms with van der Waals surface area (Å²) in [4.78, 5) is 0. The molecule has 0 aromatic heterocycles. The maximum absolute atomic E-state index is 10.7. The molecule has 1 unspecified atom stereocenters. The molecule has 0 amide bonds. The average molecular weight is 191 g/mol. The smallest absolute Gasteiger partial charge is 0.234 e. The van der Waals surface area contributed by atoms with Crippen LogP contribution in [-0.2, 0) is 11.3 Å². The molecule has 0 bridgehead atoms. The van der Waals surface area contributed by atoms with Gasteiger partial charge in [-0.25, -0.2) is 8.51 Å². The summed E-state index contributed by atoms with van der Waals surface area (Å²) in [7, 11) is 0. The fourth-order valence-electron chi connectivity index (χ4n) is 1.70. The molecule has 0 aliphatic carbocycles. The van der Waals surface area contributed by atoms with Gasteiger partial charge in [0.05, 0.1) is 0 Å². The van der Waals surface area contributed by atoms with Gasteiger partial charge in [-0.3, -0.25) is 4.55 Å². The first kappa shape index (κ1) is 10.2. The highest BCUT2D eigenvalue weighted by Crippen LogP contribution is 2.24. The van der Waals surface area contributed by atoms with Gasteiger partial charge in [0.15, 0.2) is 0 Å². The van der Waals surface area contributed by atoms with Crippen LogP contribution in [0.5, 0.6) is 0 Å². The zero-order chi connectivity index (χ0) is 9.14. The molecule has 1 aliphatic rings. The van der Waals surface area contributed by atoms with Crippen molar-refractivity contribution in [1.82, 2.24) is 4.31 Å². The molecule has 0 spiro atoms. The van der Waals surface area contributed by atoms with Crippen molar-refractivity contribution in [2.75, 3.05) is 13.1 Å². The Bertz CT molecular complexity index is 164. The lowest BCUT2D eigenvalue weighted by atomic mass is 9.87. The maximum atomic E-state index is 10.7. The number of piperidine rings is 1. The van der Waals surface area contributed by atoms with E-state index in [1.54, 1.807) is 4.31 Å². The summed E-state index contributed by atoms with van der Waals surface area (Å²) in [6, 6.07) is 0. The Balaban J connectivity index is 2.34. The number of rotatable bonds is 2. The highest BCUT2D eigenvalue weighted by molar-refractivity contribution is 7.76. The van der Waals surface area contributed by atoms with E-state index < -0.39 is 11.3 Å². The Labute approximate surface area is 76.6 Å². The molecule has 1 heterocycles. The summed E-state index contributed by atoms with van der Waals surface area (Å²) in [5.41, 5.74) is 0. The summed E-state index contributed by atoms with van der Waals surface area (Å²) in [6.45, 7) is 5.98. The number of hydrogen-bond acceptors (Lipinski definition) is 1. The summed E-state index contributed by atoms with van der Waals surface area (Å²) < 4.78 is 21.1. The van der Waals surface area contributed by atoms with Gasteiger partial charge in [-0.15, -0.1) is 0 Å². The van der Waals surface area contributed by atoms with Gasteiger partial charge >= 0.3 is 0 Å². The Morgan fingerprint density at radius 3 is 2.25 bits per heavy atom. The molecule has 1 N–H and O–H groups in total. The minimum absolute atomic E-state index is 0.708. The molecule has 0 saturated carbocycles. The second kappa shape index (κ2) is 4.35. The number of hydrogen-bond donors (Lipinski definition) is 1. The SMILES string of the molecule is CC(C)C1CCN(S(=O)O)CC1. The lowest BCUT2D eigenvalue weighted by Crippen LogP contribution is -2.36. The highest BCUT2D eigenvalue weighted by Gasteiger charge is 2.23. The fraction of sp³-hybridized carbons (Fsp3) is 1.00. The van der Waals surface area contributed by atoms with Crippen LogP contribution in [0.4, 0.5) is 0 Å². The molecular formula is C8H17NO2S. The van der Waals surface area contributed by atoms with E-state index >= 15 is 0 Å². The summed E-state index contributed by atoms with van der Waals surface area (Å²) in [5, 5.41) is 0. The van der Waals surface area contributed by atoms with Crippen molar-refractivity contribution < 1.29 is 8.76 Å². The fourth-order valence-corrected chi connectivity index (χ4v) is 2.22. The van der Waals surface area contributed by atoms with Crippen LogP contribution < -0.4 is 0 Å². The Kier molecular flexibility index (Phi) is 3.68. The minimum atomic E-state index is -1.75. The van der Waals surface area contributed by atoms with E-state index in [0.29, 0.717) is 5.92 Å². The Morgan fingerprint density at radius 2 is 1.92 bits per heavy atom. The van der Waals surface area contributed by atoms with Crippen LogP contribution in [0, 0.1) is 11.8 Å². The normalized spacial score (nSPS) is 24.7. The maximum Gasteiger partial charge on any atom is 0.234 e. The molecule has 4 heteroatoms. The van der Waals surface area contributed by atoms with E-state index in [1.807, 2.05) is 0 Å². The zero-order valence-electron chi connectivity index (χ0n) is 7.69. The van der Waals surface area contributed by atoms with Gasteiger partial charge < -0.3 is 0 Å². The summed E-state index contributed by atoms with van der Waals surface area (Å²) in [6.07, 6.45) is 2.12. The van der Waals surface area contributed by atoms with Crippen LogP contribution in [0.15, 0.2) is 0 Å². The van der Waals surface area contributed by atoms with Crippen molar-refractivity contribution >= 4 is 11.3 Å². The van der Waals surface area contributed by atoms with Crippen LogP contribution >= 0.6 is 0 Å². The van der Waals surface area contributed by atoms with Crippen LogP contribution in [0.3, 0.4) is 0 Å². The van der Waals surface area contributed by atoms with E-state index in [4.69, 9.17) is 4.55 Å². The van der Waals surface area contributed by atoms with Gasteiger partial charge in [-0.05, 0) is 24.7 Å². The van der Waals surface area contributed by atoms with Crippen LogP contribution in [0.25, 0.3) is 0 Å². The largest absolute Gasteiger partial charge is 0.294 e. The average Bonchev–Trinajstić information content (AvgIpc) is 2.04. The van der Waals surface area contributed by atoms with Crippen molar-refractivity contribution in [3.05, 3.63) is 0 Å². The third-order valence-electron chi connectivity index (χ3n) is 2.66. The van der Waals surface area contributed by atoms with Crippen molar-refractivity contribution in [2.45, 2.75) is 26.7 Å². The first-order valence-electron chi connectivity index (χ1n) is 4.47. The Hall–Kier alpha value is 0.0700. The third-order valence-corrected chi connectivity index (χ3v) is 3.47. The lowest BCUT2D eigenvalue weighted by Gasteiger charge is -2.30. The van der Waals surface area contributed by atoms with Crippen LogP contribution in [0.1, 0.15) is 26.7 Å². The molecule has 0 radical (unpaired) electrons. The monoisotopic (exact) mass is 191 g/mol. The van der Waals surface area contributed by atoms with E-state index in [9.17, 15) is 4.21 Å². The molecule has 1 aliphatic heterocycles. The molecular weight excluding hydrogens is 174 g/mol. The first-order valence-corrected chi connectivity index (χ1v) is 5.53. The first-order chi connectivity index (χ1) is 5.61. The standard InChI is InChI=1S/C8H17NO2S/c1-7(2)8-3-5-9(6-4-8)12(10)11/h7-8H,3-6H2,1-2H3,(H,10,11). The summed E-state index contributed by atoms with van der Waals surface area (Å²) >= 11 is -1.75. The molecule has 1 rings (SSSR count). The molecule has 1 saturated heterocycles. The van der Waals surface area contributed by atoms with Gasteiger partial charge in [0.25, 0.3) is 0 Å². The number of nitrogens with zero attached hydrogens (tertiary/aromatic N) is 1. The molecule has 72 valence electrons. The van der Waals surface area contributed by atoms with E-state index in [0.717, 1.165) is 31.8 Å². The second-order valence-electron chi connectivity index (χ2n) is 3.74. The molecule has 12 heavy (non-hydrogen) atoms. The van der Waals surface area contributed by atoms with E-state index in [1.165, 1.54) is 0 Å².